The van der Waals surface area contributed by atoms with Gasteiger partial charge in [-0.1, -0.05) is 18.2 Å². The molecule has 1 amide bonds. The Hall–Kier alpha value is -2.18. The van der Waals surface area contributed by atoms with Crippen molar-refractivity contribution in [2.45, 2.75) is 19.3 Å². The molecule has 0 spiro atoms. The highest BCUT2D eigenvalue weighted by Crippen LogP contribution is 2.36. The van der Waals surface area contributed by atoms with Crippen molar-refractivity contribution >= 4 is 34.5 Å². The number of amidine groups is 1. The SMILES string of the molecule is CN(C)CCN1C(=O)CCCc2cccc(N=C(N)c3cccs3)c21. The topological polar surface area (TPSA) is 61.9 Å². The molecule has 0 atom stereocenters. The van der Waals surface area contributed by atoms with E-state index in [2.05, 4.69) is 16.0 Å². The van der Waals surface area contributed by atoms with Gasteiger partial charge in [0.25, 0.3) is 0 Å². The minimum Gasteiger partial charge on any atom is -0.383 e. The summed E-state index contributed by atoms with van der Waals surface area (Å²) in [7, 11) is 4.03. The third kappa shape index (κ3) is 4.08. The number of aliphatic imine (C=N–C) groups is 1. The number of carbonyl (C=O) groups excluding carboxylic acids is 1. The number of amides is 1. The maximum Gasteiger partial charge on any atom is 0.227 e. The second-order valence-corrected chi connectivity index (χ2v) is 7.41. The summed E-state index contributed by atoms with van der Waals surface area (Å²) < 4.78 is 0. The molecule has 1 aromatic carbocycles. The molecule has 0 saturated carbocycles. The molecule has 3 rings (SSSR count). The third-order valence-corrected chi connectivity index (χ3v) is 5.18. The predicted octanol–water partition coefficient (Wildman–Crippen LogP) is 3.02. The molecule has 1 aromatic heterocycles. The summed E-state index contributed by atoms with van der Waals surface area (Å²) in [5.74, 6) is 0.658. The van der Waals surface area contributed by atoms with Crippen LogP contribution in [0.4, 0.5) is 11.4 Å². The fraction of sp³-hybridized carbons (Fsp3) is 0.368. The molecule has 6 heteroatoms. The summed E-state index contributed by atoms with van der Waals surface area (Å²) in [5, 5.41) is 1.98. The second kappa shape index (κ2) is 7.80. The van der Waals surface area contributed by atoms with Crippen LogP contribution < -0.4 is 10.6 Å². The zero-order chi connectivity index (χ0) is 17.8. The number of para-hydroxylation sites is 1. The molecular formula is C19H24N4OS. The van der Waals surface area contributed by atoms with Gasteiger partial charge >= 0.3 is 0 Å². The van der Waals surface area contributed by atoms with Crippen LogP contribution in [0.5, 0.6) is 0 Å². The van der Waals surface area contributed by atoms with Crippen molar-refractivity contribution in [2.75, 3.05) is 32.1 Å². The van der Waals surface area contributed by atoms with Crippen LogP contribution in [0.25, 0.3) is 0 Å². The van der Waals surface area contributed by atoms with E-state index in [4.69, 9.17) is 5.73 Å². The highest BCUT2D eigenvalue weighted by molar-refractivity contribution is 7.12. The number of likely N-dealkylation sites (N-methyl/N-ethyl adjacent to an activating group) is 1. The Labute approximate surface area is 152 Å². The number of nitrogens with two attached hydrogens (primary N) is 1. The Morgan fingerprint density at radius 1 is 1.28 bits per heavy atom. The number of carbonyl (C=O) groups is 1. The van der Waals surface area contributed by atoms with E-state index in [9.17, 15) is 4.79 Å². The number of thiophene rings is 1. The first-order valence-corrected chi connectivity index (χ1v) is 9.39. The number of rotatable bonds is 5. The minimum atomic E-state index is 0.165. The van der Waals surface area contributed by atoms with Crippen LogP contribution in [-0.4, -0.2) is 43.8 Å². The summed E-state index contributed by atoms with van der Waals surface area (Å²) in [6.07, 6.45) is 2.34. The van der Waals surface area contributed by atoms with Gasteiger partial charge in [-0.2, -0.15) is 0 Å². The zero-order valence-corrected chi connectivity index (χ0v) is 15.6. The van der Waals surface area contributed by atoms with E-state index in [-0.39, 0.29) is 5.91 Å². The van der Waals surface area contributed by atoms with Crippen molar-refractivity contribution < 1.29 is 4.79 Å². The van der Waals surface area contributed by atoms with Crippen molar-refractivity contribution in [2.24, 2.45) is 10.7 Å². The fourth-order valence-electron chi connectivity index (χ4n) is 3.02. The van der Waals surface area contributed by atoms with E-state index in [1.807, 2.05) is 48.6 Å². The smallest absolute Gasteiger partial charge is 0.227 e. The Kier molecular flexibility index (Phi) is 5.50. The number of anilines is 1. The van der Waals surface area contributed by atoms with Crippen molar-refractivity contribution in [3.8, 4) is 0 Å². The molecule has 132 valence electrons. The number of nitrogens with zero attached hydrogens (tertiary/aromatic N) is 3. The van der Waals surface area contributed by atoms with Gasteiger partial charge in [-0.05, 0) is 50.0 Å². The first-order valence-electron chi connectivity index (χ1n) is 8.51. The summed E-state index contributed by atoms with van der Waals surface area (Å²) in [6.45, 7) is 1.47. The van der Waals surface area contributed by atoms with E-state index in [1.165, 1.54) is 5.56 Å². The van der Waals surface area contributed by atoms with Crippen LogP contribution in [0.15, 0.2) is 40.7 Å². The van der Waals surface area contributed by atoms with Crippen LogP contribution in [-0.2, 0) is 11.2 Å². The molecule has 1 aliphatic heterocycles. The van der Waals surface area contributed by atoms with E-state index in [0.717, 1.165) is 35.6 Å². The molecule has 5 nitrogen and oxygen atoms in total. The van der Waals surface area contributed by atoms with Gasteiger partial charge in [0.05, 0.1) is 16.3 Å². The second-order valence-electron chi connectivity index (χ2n) is 6.46. The molecule has 0 fully saturated rings. The van der Waals surface area contributed by atoms with Gasteiger partial charge in [0.2, 0.25) is 5.91 Å². The Bertz CT molecular complexity index is 768. The maximum atomic E-state index is 12.7. The molecule has 0 unspecified atom stereocenters. The van der Waals surface area contributed by atoms with Gasteiger partial charge in [0.1, 0.15) is 5.84 Å². The van der Waals surface area contributed by atoms with Crippen molar-refractivity contribution in [1.82, 2.24) is 4.90 Å². The molecule has 0 saturated heterocycles. The van der Waals surface area contributed by atoms with Crippen LogP contribution in [0.3, 0.4) is 0 Å². The van der Waals surface area contributed by atoms with Crippen molar-refractivity contribution in [1.29, 1.82) is 0 Å². The number of hydrogen-bond acceptors (Lipinski definition) is 4. The summed E-state index contributed by atoms with van der Waals surface area (Å²) in [4.78, 5) is 22.3. The van der Waals surface area contributed by atoms with E-state index in [0.29, 0.717) is 18.8 Å². The maximum absolute atomic E-state index is 12.7. The van der Waals surface area contributed by atoms with Gasteiger partial charge < -0.3 is 15.5 Å². The predicted molar refractivity (Wildman–Crippen MR) is 105 cm³/mol. The average molecular weight is 356 g/mol. The van der Waals surface area contributed by atoms with Gasteiger partial charge in [-0.25, -0.2) is 4.99 Å². The average Bonchev–Trinajstić information content (AvgIpc) is 3.06. The highest BCUT2D eigenvalue weighted by atomic mass is 32.1. The normalized spacial score (nSPS) is 15.4. The van der Waals surface area contributed by atoms with Crippen LogP contribution in [0.2, 0.25) is 0 Å². The molecule has 0 radical (unpaired) electrons. The van der Waals surface area contributed by atoms with Gasteiger partial charge in [0.15, 0.2) is 0 Å². The lowest BCUT2D eigenvalue weighted by atomic mass is 10.1. The lowest BCUT2D eigenvalue weighted by molar-refractivity contribution is -0.118. The molecule has 2 N–H and O–H groups in total. The minimum absolute atomic E-state index is 0.165. The monoisotopic (exact) mass is 356 g/mol. The van der Waals surface area contributed by atoms with Crippen LogP contribution in [0.1, 0.15) is 23.3 Å². The Balaban J connectivity index is 2.03. The molecule has 0 aliphatic carbocycles. The third-order valence-electron chi connectivity index (χ3n) is 4.29. The van der Waals surface area contributed by atoms with Gasteiger partial charge in [-0.15, -0.1) is 11.3 Å². The number of benzene rings is 1. The van der Waals surface area contributed by atoms with Crippen molar-refractivity contribution in [3.05, 3.63) is 46.2 Å². The summed E-state index contributed by atoms with van der Waals surface area (Å²) >= 11 is 1.56. The quantitative estimate of drug-likeness (QED) is 0.662. The van der Waals surface area contributed by atoms with Crippen molar-refractivity contribution in [3.63, 3.8) is 0 Å². The highest BCUT2D eigenvalue weighted by Gasteiger charge is 2.25. The first-order chi connectivity index (χ1) is 12.1. The molecular weight excluding hydrogens is 332 g/mol. The molecule has 0 bridgehead atoms. The molecule has 2 heterocycles. The Morgan fingerprint density at radius 3 is 2.84 bits per heavy atom. The fourth-order valence-corrected chi connectivity index (χ4v) is 3.64. The lowest BCUT2D eigenvalue weighted by Crippen LogP contribution is -2.36. The summed E-state index contributed by atoms with van der Waals surface area (Å²) in [6, 6.07) is 9.96. The molecule has 25 heavy (non-hydrogen) atoms. The first kappa shape index (κ1) is 17.6. The largest absolute Gasteiger partial charge is 0.383 e. The van der Waals surface area contributed by atoms with E-state index >= 15 is 0 Å². The molecule has 1 aliphatic rings. The Morgan fingerprint density at radius 2 is 2.12 bits per heavy atom. The van der Waals surface area contributed by atoms with Gasteiger partial charge in [0, 0.05) is 19.5 Å². The zero-order valence-electron chi connectivity index (χ0n) is 14.7. The van der Waals surface area contributed by atoms with Crippen LogP contribution in [0, 0.1) is 0 Å². The summed E-state index contributed by atoms with van der Waals surface area (Å²) in [5.41, 5.74) is 9.06. The standard InChI is InChI=1S/C19H24N4OS/c1-22(2)11-12-23-17(24)10-4-7-14-6-3-8-15(18(14)23)21-19(20)16-9-5-13-25-16/h3,5-6,8-9,13H,4,7,10-12H2,1-2H3,(H2,20,21). The van der Waals surface area contributed by atoms with Gasteiger partial charge in [-0.3, -0.25) is 4.79 Å². The van der Waals surface area contributed by atoms with E-state index < -0.39 is 0 Å². The lowest BCUT2D eigenvalue weighted by Gasteiger charge is -2.26. The van der Waals surface area contributed by atoms with E-state index in [1.54, 1.807) is 11.3 Å². The van der Waals surface area contributed by atoms with Crippen LogP contribution >= 0.6 is 11.3 Å². The molecule has 2 aromatic rings. The number of fused-ring (bicyclic) bond motifs is 1. The number of hydrogen-bond donors (Lipinski definition) is 1. The number of aryl methyl sites for hydroxylation is 1.